The van der Waals surface area contributed by atoms with Crippen LogP contribution in [0.5, 0.6) is 5.75 Å². The van der Waals surface area contributed by atoms with Crippen molar-refractivity contribution in [1.29, 1.82) is 0 Å². The van der Waals surface area contributed by atoms with Crippen LogP contribution in [0.2, 0.25) is 5.02 Å². The van der Waals surface area contributed by atoms with Crippen LogP contribution in [0.15, 0.2) is 64.3 Å². The molecule has 7 nitrogen and oxygen atoms in total. The molecule has 1 amide bonds. The number of hydrogen-bond acceptors (Lipinski definition) is 5. The lowest BCUT2D eigenvalue weighted by Gasteiger charge is -2.07. The largest absolute Gasteiger partial charge is 0.422 e. The van der Waals surface area contributed by atoms with Gasteiger partial charge in [-0.15, -0.1) is 0 Å². The number of hydrogen-bond donors (Lipinski definition) is 1. The molecule has 0 unspecified atom stereocenters. The molecule has 0 aliphatic rings. The minimum absolute atomic E-state index is 0.308. The normalized spacial score (nSPS) is 10.8. The highest BCUT2D eigenvalue weighted by Gasteiger charge is 2.15. The van der Waals surface area contributed by atoms with Crippen molar-refractivity contribution < 1.29 is 14.3 Å². The summed E-state index contributed by atoms with van der Waals surface area (Å²) in [5, 5.41) is 8.44. The van der Waals surface area contributed by atoms with E-state index in [1.54, 1.807) is 55.6 Å². The van der Waals surface area contributed by atoms with E-state index in [1.807, 2.05) is 0 Å². The number of halogens is 2. The zero-order chi connectivity index (χ0) is 20.1. The van der Waals surface area contributed by atoms with E-state index in [4.69, 9.17) is 16.3 Å². The topological polar surface area (TPSA) is 85.6 Å². The average molecular weight is 462 g/mol. The number of nitrogens with one attached hydrogen (secondary N) is 1. The first kappa shape index (κ1) is 19.8. The summed E-state index contributed by atoms with van der Waals surface area (Å²) in [7, 11) is 1.65. The Balaban J connectivity index is 1.71. The van der Waals surface area contributed by atoms with Crippen LogP contribution in [-0.4, -0.2) is 27.9 Å². The Kier molecular flexibility index (Phi) is 6.23. The third kappa shape index (κ3) is 4.65. The van der Waals surface area contributed by atoms with Crippen molar-refractivity contribution in [2.45, 2.75) is 0 Å². The molecule has 0 bridgehead atoms. The van der Waals surface area contributed by atoms with Gasteiger partial charge in [-0.25, -0.2) is 10.2 Å². The zero-order valence-electron chi connectivity index (χ0n) is 14.6. The van der Waals surface area contributed by atoms with E-state index in [-0.39, 0.29) is 0 Å². The standard InChI is InChI=1S/C19H14BrClN4O3/c1-25-17(15(20)11-23-25)18(26)24-22-10-13-4-2-3-5-16(13)28-19(27)12-6-8-14(21)9-7-12/h2-11H,1H3,(H,24,26). The molecule has 142 valence electrons. The Hall–Kier alpha value is -2.97. The van der Waals surface area contributed by atoms with Gasteiger partial charge in [0, 0.05) is 17.6 Å². The number of amides is 1. The fraction of sp³-hybridized carbons (Fsp3) is 0.0526. The first-order chi connectivity index (χ1) is 13.5. The number of carbonyl (C=O) groups excluding carboxylic acids is 2. The minimum atomic E-state index is -0.527. The van der Waals surface area contributed by atoms with Crippen LogP contribution in [0.25, 0.3) is 0 Å². The number of esters is 1. The quantitative estimate of drug-likeness (QED) is 0.271. The predicted octanol–water partition coefficient (Wildman–Crippen LogP) is 3.82. The molecule has 0 radical (unpaired) electrons. The highest BCUT2D eigenvalue weighted by Crippen LogP contribution is 2.19. The van der Waals surface area contributed by atoms with Gasteiger partial charge in [0.1, 0.15) is 11.4 Å². The molecule has 28 heavy (non-hydrogen) atoms. The molecule has 0 fully saturated rings. The second-order valence-electron chi connectivity index (χ2n) is 5.60. The Morgan fingerprint density at radius 2 is 1.93 bits per heavy atom. The summed E-state index contributed by atoms with van der Waals surface area (Å²) >= 11 is 9.09. The molecule has 1 N–H and O–H groups in total. The van der Waals surface area contributed by atoms with E-state index < -0.39 is 11.9 Å². The summed E-state index contributed by atoms with van der Waals surface area (Å²) in [6, 6.07) is 13.2. The van der Waals surface area contributed by atoms with Crippen molar-refractivity contribution in [1.82, 2.24) is 15.2 Å². The van der Waals surface area contributed by atoms with Gasteiger partial charge in [-0.1, -0.05) is 23.7 Å². The molecular formula is C19H14BrClN4O3. The van der Waals surface area contributed by atoms with Crippen molar-refractivity contribution in [2.24, 2.45) is 12.1 Å². The molecule has 3 rings (SSSR count). The lowest BCUT2D eigenvalue weighted by Crippen LogP contribution is -2.21. The van der Waals surface area contributed by atoms with E-state index >= 15 is 0 Å². The van der Waals surface area contributed by atoms with Gasteiger partial charge in [-0.3, -0.25) is 9.48 Å². The number of hydrazone groups is 1. The van der Waals surface area contributed by atoms with Crippen molar-refractivity contribution in [2.75, 3.05) is 0 Å². The third-order valence-corrected chi connectivity index (χ3v) is 4.51. The maximum atomic E-state index is 12.3. The van der Waals surface area contributed by atoms with E-state index in [9.17, 15) is 9.59 Å². The van der Waals surface area contributed by atoms with Crippen molar-refractivity contribution >= 4 is 45.6 Å². The third-order valence-electron chi connectivity index (χ3n) is 3.68. The first-order valence-electron chi connectivity index (χ1n) is 8.03. The Morgan fingerprint density at radius 1 is 1.21 bits per heavy atom. The number of ether oxygens (including phenoxy) is 1. The molecule has 0 saturated carbocycles. The van der Waals surface area contributed by atoms with Crippen LogP contribution in [0.1, 0.15) is 26.4 Å². The maximum Gasteiger partial charge on any atom is 0.343 e. The Morgan fingerprint density at radius 3 is 2.61 bits per heavy atom. The van der Waals surface area contributed by atoms with Crippen LogP contribution < -0.4 is 10.2 Å². The summed E-state index contributed by atoms with van der Waals surface area (Å²) in [6.07, 6.45) is 2.91. The summed E-state index contributed by atoms with van der Waals surface area (Å²) in [5.74, 6) is -0.652. The summed E-state index contributed by atoms with van der Waals surface area (Å²) in [5.41, 5.74) is 3.64. The van der Waals surface area contributed by atoms with Crippen LogP contribution in [0, 0.1) is 0 Å². The number of benzene rings is 2. The van der Waals surface area contributed by atoms with Crippen molar-refractivity contribution in [3.05, 3.63) is 81.0 Å². The molecule has 3 aromatic rings. The van der Waals surface area contributed by atoms with Gasteiger partial charge in [-0.2, -0.15) is 10.2 Å². The van der Waals surface area contributed by atoms with Gasteiger partial charge in [0.25, 0.3) is 5.91 Å². The Bertz CT molecular complexity index is 1030. The second-order valence-corrected chi connectivity index (χ2v) is 6.89. The lowest BCUT2D eigenvalue weighted by molar-refractivity contribution is 0.0734. The van der Waals surface area contributed by atoms with Gasteiger partial charge < -0.3 is 4.74 Å². The first-order valence-corrected chi connectivity index (χ1v) is 9.20. The molecular weight excluding hydrogens is 448 g/mol. The van der Waals surface area contributed by atoms with Gasteiger partial charge in [-0.05, 0) is 52.3 Å². The maximum absolute atomic E-state index is 12.3. The summed E-state index contributed by atoms with van der Waals surface area (Å²) in [4.78, 5) is 24.5. The summed E-state index contributed by atoms with van der Waals surface area (Å²) in [6.45, 7) is 0. The summed E-state index contributed by atoms with van der Waals surface area (Å²) < 4.78 is 7.41. The number of rotatable bonds is 5. The number of carbonyl (C=O) groups is 2. The number of aryl methyl sites for hydroxylation is 1. The molecule has 0 atom stereocenters. The van der Waals surface area contributed by atoms with Crippen LogP contribution >= 0.6 is 27.5 Å². The van der Waals surface area contributed by atoms with E-state index in [2.05, 4.69) is 31.6 Å². The van der Waals surface area contributed by atoms with Crippen LogP contribution in [-0.2, 0) is 7.05 Å². The number of aromatic nitrogens is 2. The molecule has 2 aromatic carbocycles. The predicted molar refractivity (Wildman–Crippen MR) is 109 cm³/mol. The van der Waals surface area contributed by atoms with Gasteiger partial charge >= 0.3 is 5.97 Å². The van der Waals surface area contributed by atoms with Crippen LogP contribution in [0.3, 0.4) is 0 Å². The molecule has 0 aliphatic carbocycles. The van der Waals surface area contributed by atoms with Crippen molar-refractivity contribution in [3.8, 4) is 5.75 Å². The smallest absolute Gasteiger partial charge is 0.343 e. The van der Waals surface area contributed by atoms with Gasteiger partial charge in [0.15, 0.2) is 0 Å². The van der Waals surface area contributed by atoms with Gasteiger partial charge in [0.05, 0.1) is 22.4 Å². The molecule has 1 heterocycles. The SMILES string of the molecule is Cn1ncc(Br)c1C(=O)NN=Cc1ccccc1OC(=O)c1ccc(Cl)cc1. The Labute approximate surface area is 174 Å². The average Bonchev–Trinajstić information content (AvgIpc) is 3.02. The second kappa shape index (κ2) is 8.81. The van der Waals surface area contributed by atoms with E-state index in [1.165, 1.54) is 17.1 Å². The van der Waals surface area contributed by atoms with Crippen molar-refractivity contribution in [3.63, 3.8) is 0 Å². The van der Waals surface area contributed by atoms with Gasteiger partial charge in [0.2, 0.25) is 0 Å². The van der Waals surface area contributed by atoms with E-state index in [0.29, 0.717) is 32.1 Å². The fourth-order valence-corrected chi connectivity index (χ4v) is 2.96. The number of nitrogens with zero attached hydrogens (tertiary/aromatic N) is 3. The molecule has 1 aromatic heterocycles. The van der Waals surface area contributed by atoms with E-state index in [0.717, 1.165) is 0 Å². The number of para-hydroxylation sites is 1. The molecule has 0 aliphatic heterocycles. The fourth-order valence-electron chi connectivity index (χ4n) is 2.30. The lowest BCUT2D eigenvalue weighted by atomic mass is 10.2. The molecule has 0 spiro atoms. The highest BCUT2D eigenvalue weighted by atomic mass is 79.9. The molecule has 9 heteroatoms. The van der Waals surface area contributed by atoms with Crippen LogP contribution in [0.4, 0.5) is 0 Å². The minimum Gasteiger partial charge on any atom is -0.422 e. The highest BCUT2D eigenvalue weighted by molar-refractivity contribution is 9.10. The monoisotopic (exact) mass is 460 g/mol. The zero-order valence-corrected chi connectivity index (χ0v) is 16.9. The molecule has 0 saturated heterocycles.